The van der Waals surface area contributed by atoms with Crippen LogP contribution in [0.3, 0.4) is 0 Å². The average molecular weight is 462 g/mol. The van der Waals surface area contributed by atoms with Crippen molar-refractivity contribution >= 4 is 11.6 Å². The number of benzene rings is 3. The van der Waals surface area contributed by atoms with Gasteiger partial charge >= 0.3 is 0 Å². The van der Waals surface area contributed by atoms with Gasteiger partial charge in [-0.2, -0.15) is 0 Å². The fourth-order valence-electron chi connectivity index (χ4n) is 6.14. The summed E-state index contributed by atoms with van der Waals surface area (Å²) in [6, 6.07) is 23.2. The molecule has 3 nitrogen and oxygen atoms in total. The van der Waals surface area contributed by atoms with E-state index in [0.29, 0.717) is 6.61 Å². The highest BCUT2D eigenvalue weighted by molar-refractivity contribution is 6.31. The number of fused-ring (bicyclic) bond motifs is 1. The first-order valence-corrected chi connectivity index (χ1v) is 12.2. The van der Waals surface area contributed by atoms with Crippen molar-refractivity contribution in [2.24, 2.45) is 5.41 Å². The molecule has 0 radical (unpaired) electrons. The lowest BCUT2D eigenvalue weighted by atomic mass is 9.48. The predicted octanol–water partition coefficient (Wildman–Crippen LogP) is 6.87. The van der Waals surface area contributed by atoms with Crippen LogP contribution in [0, 0.1) is 5.41 Å². The molecule has 1 heterocycles. The third-order valence-corrected chi connectivity index (χ3v) is 7.60. The van der Waals surface area contributed by atoms with Crippen molar-refractivity contribution < 1.29 is 9.47 Å². The van der Waals surface area contributed by atoms with E-state index in [1.165, 1.54) is 16.7 Å². The molecule has 172 valence electrons. The number of methoxy groups -OCH3 is 1. The van der Waals surface area contributed by atoms with E-state index in [1.807, 2.05) is 30.3 Å². The zero-order chi connectivity index (χ0) is 23.1. The van der Waals surface area contributed by atoms with Gasteiger partial charge in [-0.05, 0) is 71.7 Å². The van der Waals surface area contributed by atoms with Gasteiger partial charge in [-0.3, -0.25) is 0 Å². The van der Waals surface area contributed by atoms with Crippen LogP contribution in [0.5, 0.6) is 11.5 Å². The van der Waals surface area contributed by atoms with Crippen LogP contribution in [0.25, 0.3) is 0 Å². The van der Waals surface area contributed by atoms with Crippen LogP contribution in [-0.2, 0) is 18.4 Å². The largest absolute Gasteiger partial charge is 0.493 e. The fourth-order valence-corrected chi connectivity index (χ4v) is 6.46. The quantitative estimate of drug-likeness (QED) is 0.434. The third-order valence-electron chi connectivity index (χ3n) is 7.27. The minimum absolute atomic E-state index is 0.0394. The maximum absolute atomic E-state index is 6.78. The monoisotopic (exact) mass is 461 g/mol. The van der Waals surface area contributed by atoms with E-state index < -0.39 is 0 Å². The molecular formula is C29H32ClNO2. The summed E-state index contributed by atoms with van der Waals surface area (Å²) in [7, 11) is 1.72. The smallest absolute Gasteiger partial charge is 0.162 e. The van der Waals surface area contributed by atoms with Gasteiger partial charge in [0.1, 0.15) is 6.61 Å². The Labute approximate surface area is 202 Å². The van der Waals surface area contributed by atoms with Crippen LogP contribution < -0.4 is 14.8 Å². The Hall–Kier alpha value is -2.49. The van der Waals surface area contributed by atoms with E-state index in [1.54, 1.807) is 7.11 Å². The lowest BCUT2D eigenvalue weighted by molar-refractivity contribution is 0.0218. The Morgan fingerprint density at radius 2 is 1.70 bits per heavy atom. The van der Waals surface area contributed by atoms with E-state index in [2.05, 4.69) is 55.6 Å². The molecule has 3 aromatic carbocycles. The number of hydrogen-bond donors (Lipinski definition) is 1. The highest BCUT2D eigenvalue weighted by atomic mass is 35.5. The minimum Gasteiger partial charge on any atom is -0.493 e. The molecule has 1 N–H and O–H groups in total. The Balaban J connectivity index is 1.55. The maximum Gasteiger partial charge on any atom is 0.162 e. The molecule has 0 saturated heterocycles. The molecule has 1 aliphatic heterocycles. The van der Waals surface area contributed by atoms with Crippen molar-refractivity contribution in [2.75, 3.05) is 13.7 Å². The second kappa shape index (κ2) is 8.70. The molecule has 4 heteroatoms. The summed E-state index contributed by atoms with van der Waals surface area (Å²) in [5.41, 5.74) is 5.28. The molecule has 1 saturated carbocycles. The van der Waals surface area contributed by atoms with Gasteiger partial charge in [0.05, 0.1) is 7.11 Å². The molecule has 0 bridgehead atoms. The molecule has 0 spiro atoms. The van der Waals surface area contributed by atoms with E-state index in [-0.39, 0.29) is 16.9 Å². The third kappa shape index (κ3) is 4.13. The summed E-state index contributed by atoms with van der Waals surface area (Å²) in [5, 5.41) is 4.72. The first kappa shape index (κ1) is 22.3. The van der Waals surface area contributed by atoms with E-state index in [9.17, 15) is 0 Å². The van der Waals surface area contributed by atoms with E-state index in [0.717, 1.165) is 47.9 Å². The van der Waals surface area contributed by atoms with Crippen molar-refractivity contribution in [2.45, 2.75) is 51.2 Å². The first-order valence-electron chi connectivity index (χ1n) is 11.8. The lowest BCUT2D eigenvalue weighted by Gasteiger charge is -2.59. The number of halogens is 1. The maximum atomic E-state index is 6.78. The Morgan fingerprint density at radius 1 is 0.970 bits per heavy atom. The van der Waals surface area contributed by atoms with Crippen LogP contribution in [0.4, 0.5) is 0 Å². The zero-order valence-corrected chi connectivity index (χ0v) is 20.4. The fraction of sp³-hybridized carbons (Fsp3) is 0.379. The molecule has 3 aromatic rings. The van der Waals surface area contributed by atoms with Crippen LogP contribution in [-0.4, -0.2) is 13.7 Å². The Bertz CT molecular complexity index is 1130. The van der Waals surface area contributed by atoms with Crippen LogP contribution in [0.1, 0.15) is 55.0 Å². The molecule has 1 aliphatic carbocycles. The second-order valence-electron chi connectivity index (χ2n) is 10.3. The Morgan fingerprint density at radius 3 is 2.39 bits per heavy atom. The summed E-state index contributed by atoms with van der Waals surface area (Å²) >= 11 is 6.78. The molecule has 5 rings (SSSR count). The molecule has 33 heavy (non-hydrogen) atoms. The predicted molar refractivity (Wildman–Crippen MR) is 134 cm³/mol. The topological polar surface area (TPSA) is 30.5 Å². The summed E-state index contributed by atoms with van der Waals surface area (Å²) in [6.07, 6.45) is 3.16. The first-order chi connectivity index (χ1) is 15.9. The SMILES string of the molecule is COc1cc2c(cc1OCc1ccccc1)C(C1(c3ccccc3Cl)CC(C)(C)C1)NCC2. The summed E-state index contributed by atoms with van der Waals surface area (Å²) in [5.74, 6) is 1.59. The average Bonchev–Trinajstić information content (AvgIpc) is 2.81. The summed E-state index contributed by atoms with van der Waals surface area (Å²) in [6.45, 7) is 6.16. The number of ether oxygens (including phenoxy) is 2. The van der Waals surface area contributed by atoms with Crippen LogP contribution in [0.15, 0.2) is 66.7 Å². The van der Waals surface area contributed by atoms with Crippen LogP contribution >= 0.6 is 11.6 Å². The zero-order valence-electron chi connectivity index (χ0n) is 19.7. The molecule has 2 aliphatic rings. The minimum atomic E-state index is -0.0394. The normalized spacial score (nSPS) is 20.4. The van der Waals surface area contributed by atoms with Gasteiger partial charge < -0.3 is 14.8 Å². The number of nitrogens with one attached hydrogen (secondary N) is 1. The van der Waals surface area contributed by atoms with Gasteiger partial charge in [0, 0.05) is 16.5 Å². The summed E-state index contributed by atoms with van der Waals surface area (Å²) < 4.78 is 12.0. The van der Waals surface area contributed by atoms with Gasteiger partial charge in [0.25, 0.3) is 0 Å². The van der Waals surface area contributed by atoms with Crippen molar-refractivity contribution in [3.8, 4) is 11.5 Å². The lowest BCUT2D eigenvalue weighted by Crippen LogP contribution is -2.55. The van der Waals surface area contributed by atoms with Gasteiger partial charge in [-0.25, -0.2) is 0 Å². The molecule has 1 atom stereocenters. The van der Waals surface area contributed by atoms with Crippen molar-refractivity contribution in [3.05, 3.63) is 94.0 Å². The van der Waals surface area contributed by atoms with Crippen molar-refractivity contribution in [3.63, 3.8) is 0 Å². The van der Waals surface area contributed by atoms with E-state index >= 15 is 0 Å². The highest BCUT2D eigenvalue weighted by Crippen LogP contribution is 2.63. The van der Waals surface area contributed by atoms with Gasteiger partial charge in [-0.1, -0.05) is 74.0 Å². The van der Waals surface area contributed by atoms with Crippen LogP contribution in [0.2, 0.25) is 5.02 Å². The second-order valence-corrected chi connectivity index (χ2v) is 10.7. The van der Waals surface area contributed by atoms with Gasteiger partial charge in [-0.15, -0.1) is 0 Å². The molecule has 0 aromatic heterocycles. The van der Waals surface area contributed by atoms with Gasteiger partial charge in [0.15, 0.2) is 11.5 Å². The van der Waals surface area contributed by atoms with Crippen molar-refractivity contribution in [1.82, 2.24) is 5.32 Å². The Kier molecular flexibility index (Phi) is 5.88. The van der Waals surface area contributed by atoms with Crippen molar-refractivity contribution in [1.29, 1.82) is 0 Å². The highest BCUT2D eigenvalue weighted by Gasteiger charge is 2.56. The molecule has 1 fully saturated rings. The standard InChI is InChI=1S/C29H32ClNO2/c1-28(2)18-29(19-28,23-11-7-8-12-24(23)30)27-22-16-26(33-17-20-9-5-4-6-10-20)25(32-3)15-21(22)13-14-31-27/h4-12,15-16,27,31H,13-14,17-19H2,1-3H3. The number of hydrogen-bond acceptors (Lipinski definition) is 3. The number of rotatable bonds is 6. The summed E-state index contributed by atoms with van der Waals surface area (Å²) in [4.78, 5) is 0. The molecule has 0 amide bonds. The molecule has 1 unspecified atom stereocenters. The van der Waals surface area contributed by atoms with E-state index in [4.69, 9.17) is 21.1 Å². The van der Waals surface area contributed by atoms with Gasteiger partial charge in [0.2, 0.25) is 0 Å². The molecular weight excluding hydrogens is 430 g/mol.